The molecule has 3 heteroatoms. The maximum absolute atomic E-state index is 10.6. The van der Waals surface area contributed by atoms with Gasteiger partial charge in [-0.3, -0.25) is 0 Å². The van der Waals surface area contributed by atoms with Crippen molar-refractivity contribution in [3.63, 3.8) is 0 Å². The third-order valence-corrected chi connectivity index (χ3v) is 1.80. The summed E-state index contributed by atoms with van der Waals surface area (Å²) in [6.07, 6.45) is 3.55. The number of carboxylic acids is 1. The van der Waals surface area contributed by atoms with Gasteiger partial charge in [0.2, 0.25) is 0 Å². The van der Waals surface area contributed by atoms with E-state index < -0.39 is 5.97 Å². The molecule has 0 aromatic heterocycles. The Labute approximate surface area is 69.0 Å². The highest BCUT2D eigenvalue weighted by Gasteiger charge is 2.09. The minimum Gasteiger partial charge on any atom is -0.478 e. The molecule has 0 aromatic carbocycles. The van der Waals surface area contributed by atoms with Crippen molar-refractivity contribution in [2.75, 3.05) is 0 Å². The van der Waals surface area contributed by atoms with Crippen molar-refractivity contribution in [3.05, 3.63) is 36.2 Å². The molecule has 0 bridgehead atoms. The van der Waals surface area contributed by atoms with Gasteiger partial charge in [-0.15, -0.1) is 0 Å². The summed E-state index contributed by atoms with van der Waals surface area (Å²) >= 11 is 0. The summed E-state index contributed by atoms with van der Waals surface area (Å²) in [5.41, 5.74) is 2.21. The second kappa shape index (κ2) is 2.37. The lowest BCUT2D eigenvalue weighted by Gasteiger charge is -1.92. The Hall–Kier alpha value is -1.77. The number of aromatic amines is 1. The summed E-state index contributed by atoms with van der Waals surface area (Å²) in [6.45, 7) is 0. The van der Waals surface area contributed by atoms with E-state index in [0.717, 1.165) is 11.1 Å². The smallest absolute Gasteiger partial charge is 0.335 e. The number of H-pyrrole nitrogens is 1. The van der Waals surface area contributed by atoms with Crippen LogP contribution in [0.2, 0.25) is 0 Å². The third kappa shape index (κ3) is 0.955. The first-order valence-corrected chi connectivity index (χ1v) is 3.57. The molecule has 12 heavy (non-hydrogen) atoms. The van der Waals surface area contributed by atoms with E-state index >= 15 is 0 Å². The molecule has 0 saturated heterocycles. The summed E-state index contributed by atoms with van der Waals surface area (Å²) in [6, 6.07) is 5.15. The molecule has 0 atom stereocenters. The van der Waals surface area contributed by atoms with Gasteiger partial charge in [0.15, 0.2) is 0 Å². The highest BCUT2D eigenvalue weighted by atomic mass is 16.4. The Balaban J connectivity index is 2.63. The van der Waals surface area contributed by atoms with Crippen LogP contribution in [0.25, 0.3) is 11.1 Å². The fraction of sp³-hybridized carbons (Fsp3) is 0. The highest BCUT2D eigenvalue weighted by Crippen LogP contribution is 2.24. The third-order valence-electron chi connectivity index (χ3n) is 1.80. The molecule has 0 radical (unpaired) electrons. The summed E-state index contributed by atoms with van der Waals surface area (Å²) in [4.78, 5) is 13.5. The molecule has 0 saturated carbocycles. The Kier molecular flexibility index (Phi) is 1.37. The van der Waals surface area contributed by atoms with Crippen LogP contribution in [0.15, 0.2) is 30.6 Å². The van der Waals surface area contributed by atoms with Crippen LogP contribution in [0.4, 0.5) is 0 Å². The fourth-order valence-electron chi connectivity index (χ4n) is 1.21. The van der Waals surface area contributed by atoms with Gasteiger partial charge in [-0.1, -0.05) is 0 Å². The molecule has 0 spiro atoms. The molecule has 1 aliphatic heterocycles. The fourth-order valence-corrected chi connectivity index (χ4v) is 1.21. The molecular formula is C9H7NO2. The van der Waals surface area contributed by atoms with Gasteiger partial charge >= 0.3 is 5.97 Å². The van der Waals surface area contributed by atoms with Crippen LogP contribution in [0.5, 0.6) is 0 Å². The van der Waals surface area contributed by atoms with Crippen molar-refractivity contribution in [3.8, 4) is 11.1 Å². The first-order chi connectivity index (χ1) is 5.77. The van der Waals surface area contributed by atoms with Crippen molar-refractivity contribution in [1.29, 1.82) is 0 Å². The first kappa shape index (κ1) is 6.91. The molecule has 0 unspecified atom stereocenters. The van der Waals surface area contributed by atoms with E-state index in [0.29, 0.717) is 5.56 Å². The van der Waals surface area contributed by atoms with Gasteiger partial charge in [-0.2, -0.15) is 0 Å². The van der Waals surface area contributed by atoms with E-state index in [1.807, 2.05) is 6.07 Å². The van der Waals surface area contributed by atoms with E-state index in [-0.39, 0.29) is 0 Å². The lowest BCUT2D eigenvalue weighted by molar-refractivity contribution is 0.0697. The van der Waals surface area contributed by atoms with E-state index in [9.17, 15) is 4.79 Å². The average molecular weight is 161 g/mol. The standard InChI is InChI=1S/C9H7NO2/c11-9(12)7-3-6-1-2-10-5-8(6)4-7/h1-5,10H,(H,11,12). The number of nitrogens with one attached hydrogen (secondary N) is 1. The van der Waals surface area contributed by atoms with Gasteiger partial charge in [-0.25, -0.2) is 4.79 Å². The molecule has 3 nitrogen and oxygen atoms in total. The first-order valence-electron chi connectivity index (χ1n) is 3.57. The Morgan fingerprint density at radius 3 is 2.75 bits per heavy atom. The number of aromatic nitrogens is 1. The van der Waals surface area contributed by atoms with Crippen LogP contribution in [-0.4, -0.2) is 16.1 Å². The van der Waals surface area contributed by atoms with Crippen molar-refractivity contribution in [1.82, 2.24) is 4.98 Å². The number of rotatable bonds is 1. The second-order valence-corrected chi connectivity index (χ2v) is 2.60. The van der Waals surface area contributed by atoms with Crippen LogP contribution < -0.4 is 0 Å². The van der Waals surface area contributed by atoms with Crippen molar-refractivity contribution in [2.45, 2.75) is 0 Å². The van der Waals surface area contributed by atoms with E-state index in [1.165, 1.54) is 0 Å². The average Bonchev–Trinajstić information content (AvgIpc) is 2.46. The van der Waals surface area contributed by atoms with E-state index in [1.54, 1.807) is 24.5 Å². The Bertz CT molecular complexity index is 362. The Morgan fingerprint density at radius 2 is 2.08 bits per heavy atom. The molecule has 0 aromatic rings. The molecule has 60 valence electrons. The van der Waals surface area contributed by atoms with Crippen molar-refractivity contribution in [2.24, 2.45) is 0 Å². The monoisotopic (exact) mass is 161 g/mol. The summed E-state index contributed by atoms with van der Waals surface area (Å²) < 4.78 is 0. The molecular weight excluding hydrogens is 154 g/mol. The van der Waals surface area contributed by atoms with Crippen LogP contribution in [0, 0.1) is 0 Å². The molecule has 0 fully saturated rings. The zero-order valence-corrected chi connectivity index (χ0v) is 6.24. The highest BCUT2D eigenvalue weighted by molar-refractivity contribution is 5.92. The van der Waals surface area contributed by atoms with Gasteiger partial charge in [-0.05, 0) is 29.3 Å². The summed E-state index contributed by atoms with van der Waals surface area (Å²) in [7, 11) is 0. The number of hydrogen-bond donors (Lipinski definition) is 2. The number of aromatic carboxylic acids is 1. The number of fused-ring (bicyclic) bond motifs is 1. The molecule has 2 rings (SSSR count). The summed E-state index contributed by atoms with van der Waals surface area (Å²) in [5.74, 6) is -0.883. The molecule has 2 N–H and O–H groups in total. The van der Waals surface area contributed by atoms with Gasteiger partial charge in [0, 0.05) is 12.4 Å². The number of carboxylic acid groups (broad SMARTS) is 1. The van der Waals surface area contributed by atoms with Gasteiger partial charge in [0.25, 0.3) is 0 Å². The topological polar surface area (TPSA) is 53.1 Å². The quantitative estimate of drug-likeness (QED) is 0.670. The second-order valence-electron chi connectivity index (χ2n) is 2.60. The maximum Gasteiger partial charge on any atom is 0.335 e. The van der Waals surface area contributed by atoms with Gasteiger partial charge in [0.05, 0.1) is 5.56 Å². The van der Waals surface area contributed by atoms with Crippen molar-refractivity contribution >= 4 is 5.97 Å². The zero-order valence-electron chi connectivity index (χ0n) is 6.24. The Morgan fingerprint density at radius 1 is 1.33 bits per heavy atom. The predicted molar refractivity (Wildman–Crippen MR) is 44.4 cm³/mol. The largest absolute Gasteiger partial charge is 0.478 e. The SMILES string of the molecule is O=C(O)c1cc2cc[nH]cc-2c1. The lowest BCUT2D eigenvalue weighted by atomic mass is 10.2. The van der Waals surface area contributed by atoms with Crippen LogP contribution in [-0.2, 0) is 0 Å². The van der Waals surface area contributed by atoms with Gasteiger partial charge < -0.3 is 10.1 Å². The predicted octanol–water partition coefficient (Wildman–Crippen LogP) is 1.82. The van der Waals surface area contributed by atoms with Crippen LogP contribution >= 0.6 is 0 Å². The van der Waals surface area contributed by atoms with E-state index in [2.05, 4.69) is 4.98 Å². The van der Waals surface area contributed by atoms with Crippen molar-refractivity contribution < 1.29 is 9.90 Å². The minimum atomic E-state index is -0.883. The molecule has 0 amide bonds. The number of carbonyl (C=O) groups is 1. The zero-order chi connectivity index (χ0) is 8.55. The number of pyridine rings is 1. The molecule has 2 aliphatic rings. The molecule has 1 heterocycles. The normalized spacial score (nSPS) is 10.3. The lowest BCUT2D eigenvalue weighted by Crippen LogP contribution is -1.91. The van der Waals surface area contributed by atoms with E-state index in [4.69, 9.17) is 5.11 Å². The molecule has 1 aliphatic carbocycles. The summed E-state index contributed by atoms with van der Waals surface area (Å²) in [5, 5.41) is 8.68. The maximum atomic E-state index is 10.6. The van der Waals surface area contributed by atoms with Crippen LogP contribution in [0.1, 0.15) is 10.4 Å². The minimum absolute atomic E-state index is 0.338. The number of hydrogen-bond acceptors (Lipinski definition) is 1. The van der Waals surface area contributed by atoms with Crippen LogP contribution in [0.3, 0.4) is 0 Å². The van der Waals surface area contributed by atoms with Gasteiger partial charge in [0.1, 0.15) is 0 Å².